The summed E-state index contributed by atoms with van der Waals surface area (Å²) in [7, 11) is 1.91. The van der Waals surface area contributed by atoms with Crippen molar-refractivity contribution in [2.24, 2.45) is 0 Å². The van der Waals surface area contributed by atoms with Crippen LogP contribution < -0.4 is 5.32 Å². The Bertz CT molecular complexity index is 320. The van der Waals surface area contributed by atoms with E-state index in [1.165, 1.54) is 0 Å². The zero-order valence-corrected chi connectivity index (χ0v) is 9.91. The van der Waals surface area contributed by atoms with Gasteiger partial charge in [-0.15, -0.1) is 13.2 Å². The number of hydrogen-bond acceptors (Lipinski definition) is 3. The molecule has 0 bridgehead atoms. The fourth-order valence-corrected chi connectivity index (χ4v) is 1.57. The second-order valence-corrected chi connectivity index (χ2v) is 3.67. The smallest absolute Gasteiger partial charge is 0.118 e. The van der Waals surface area contributed by atoms with E-state index in [2.05, 4.69) is 23.4 Å². The lowest BCUT2D eigenvalue weighted by Gasteiger charge is -2.16. The first-order valence-electron chi connectivity index (χ1n) is 5.46. The van der Waals surface area contributed by atoms with Gasteiger partial charge in [-0.3, -0.25) is 4.90 Å². The Hall–Kier alpha value is -1.32. The number of rotatable bonds is 8. The lowest BCUT2D eigenvalue weighted by Crippen LogP contribution is -2.22. The van der Waals surface area contributed by atoms with Crippen LogP contribution in [0.1, 0.15) is 11.5 Å². The lowest BCUT2D eigenvalue weighted by molar-refractivity contribution is 0.289. The molecule has 1 rings (SSSR count). The molecular formula is C13H20N2O. The van der Waals surface area contributed by atoms with Gasteiger partial charge < -0.3 is 9.73 Å². The first-order chi connectivity index (χ1) is 7.80. The molecule has 1 N–H and O–H groups in total. The summed E-state index contributed by atoms with van der Waals surface area (Å²) >= 11 is 0. The highest BCUT2D eigenvalue weighted by atomic mass is 16.3. The highest BCUT2D eigenvalue weighted by Crippen LogP contribution is 2.10. The molecule has 0 unspecified atom stereocenters. The van der Waals surface area contributed by atoms with Crippen molar-refractivity contribution in [1.82, 2.24) is 10.2 Å². The Kier molecular flexibility index (Phi) is 5.61. The van der Waals surface area contributed by atoms with Crippen molar-refractivity contribution >= 4 is 0 Å². The first kappa shape index (κ1) is 12.7. The van der Waals surface area contributed by atoms with Crippen molar-refractivity contribution < 1.29 is 4.42 Å². The molecule has 0 spiro atoms. The standard InChI is InChI=1S/C13H20N2O/c1-4-8-15(9-5-2)11-13-7-6-12(16-13)10-14-3/h4-7,14H,1-2,8-11H2,3H3. The van der Waals surface area contributed by atoms with Gasteiger partial charge in [-0.05, 0) is 19.2 Å². The van der Waals surface area contributed by atoms with Gasteiger partial charge >= 0.3 is 0 Å². The number of nitrogens with one attached hydrogen (secondary N) is 1. The van der Waals surface area contributed by atoms with Crippen molar-refractivity contribution in [3.63, 3.8) is 0 Å². The minimum Gasteiger partial charge on any atom is -0.463 e. The predicted octanol–water partition coefficient (Wildman–Crippen LogP) is 2.17. The molecule has 0 aliphatic carbocycles. The molecule has 16 heavy (non-hydrogen) atoms. The van der Waals surface area contributed by atoms with Crippen molar-refractivity contribution in [2.45, 2.75) is 13.1 Å². The van der Waals surface area contributed by atoms with E-state index in [4.69, 9.17) is 4.42 Å². The zero-order chi connectivity index (χ0) is 11.8. The second kappa shape index (κ2) is 7.04. The fraction of sp³-hybridized carbons (Fsp3) is 0.385. The molecule has 0 aromatic carbocycles. The van der Waals surface area contributed by atoms with Crippen LogP contribution in [0.2, 0.25) is 0 Å². The first-order valence-corrected chi connectivity index (χ1v) is 5.46. The monoisotopic (exact) mass is 220 g/mol. The average Bonchev–Trinajstić information content (AvgIpc) is 2.67. The summed E-state index contributed by atoms with van der Waals surface area (Å²) in [6.07, 6.45) is 3.78. The van der Waals surface area contributed by atoms with Crippen LogP contribution in [0.15, 0.2) is 41.9 Å². The van der Waals surface area contributed by atoms with Crippen LogP contribution in [-0.4, -0.2) is 25.0 Å². The van der Waals surface area contributed by atoms with Crippen molar-refractivity contribution in [3.8, 4) is 0 Å². The van der Waals surface area contributed by atoms with Crippen molar-refractivity contribution in [2.75, 3.05) is 20.1 Å². The molecule has 0 radical (unpaired) electrons. The van der Waals surface area contributed by atoms with Gasteiger partial charge in [0.1, 0.15) is 11.5 Å². The Labute approximate surface area is 97.4 Å². The quantitative estimate of drug-likeness (QED) is 0.681. The third-order valence-corrected chi connectivity index (χ3v) is 2.22. The summed E-state index contributed by atoms with van der Waals surface area (Å²) in [6.45, 7) is 10.7. The van der Waals surface area contributed by atoms with Gasteiger partial charge in [-0.1, -0.05) is 12.2 Å². The van der Waals surface area contributed by atoms with Crippen molar-refractivity contribution in [3.05, 3.63) is 49.0 Å². The molecule has 1 heterocycles. The fourth-order valence-electron chi connectivity index (χ4n) is 1.57. The molecule has 88 valence electrons. The topological polar surface area (TPSA) is 28.4 Å². The Balaban J connectivity index is 2.54. The summed E-state index contributed by atoms with van der Waals surface area (Å²) in [4.78, 5) is 2.21. The molecule has 1 aromatic rings. The molecular weight excluding hydrogens is 200 g/mol. The summed E-state index contributed by atoms with van der Waals surface area (Å²) < 4.78 is 5.67. The second-order valence-electron chi connectivity index (χ2n) is 3.67. The molecule has 3 nitrogen and oxygen atoms in total. The van der Waals surface area contributed by atoms with E-state index < -0.39 is 0 Å². The van der Waals surface area contributed by atoms with E-state index in [9.17, 15) is 0 Å². The van der Waals surface area contributed by atoms with Crippen LogP contribution in [0, 0.1) is 0 Å². The summed E-state index contributed by atoms with van der Waals surface area (Å²) in [6, 6.07) is 4.03. The lowest BCUT2D eigenvalue weighted by atomic mass is 10.3. The molecule has 1 aromatic heterocycles. The molecule has 0 saturated heterocycles. The molecule has 0 aliphatic heterocycles. The van der Waals surface area contributed by atoms with Crippen LogP contribution in [0.5, 0.6) is 0 Å². The van der Waals surface area contributed by atoms with Gasteiger partial charge in [0.05, 0.1) is 13.1 Å². The van der Waals surface area contributed by atoms with Gasteiger partial charge in [0, 0.05) is 13.1 Å². The average molecular weight is 220 g/mol. The van der Waals surface area contributed by atoms with Crippen LogP contribution in [0.3, 0.4) is 0 Å². The summed E-state index contributed by atoms with van der Waals surface area (Å²) in [5, 5.41) is 3.06. The SMILES string of the molecule is C=CCN(CC=C)Cc1ccc(CNC)o1. The number of furan rings is 1. The van der Waals surface area contributed by atoms with E-state index in [0.29, 0.717) is 0 Å². The van der Waals surface area contributed by atoms with E-state index in [1.807, 2.05) is 31.3 Å². The Morgan fingerprint density at radius 2 is 1.88 bits per heavy atom. The van der Waals surface area contributed by atoms with E-state index in [1.54, 1.807) is 0 Å². The third kappa shape index (κ3) is 4.04. The van der Waals surface area contributed by atoms with Crippen LogP contribution in [-0.2, 0) is 13.1 Å². The highest BCUT2D eigenvalue weighted by Gasteiger charge is 2.06. The molecule has 0 amide bonds. The predicted molar refractivity (Wildman–Crippen MR) is 67.1 cm³/mol. The van der Waals surface area contributed by atoms with E-state index in [0.717, 1.165) is 37.7 Å². The van der Waals surface area contributed by atoms with Gasteiger partial charge in [0.2, 0.25) is 0 Å². The Morgan fingerprint density at radius 3 is 2.44 bits per heavy atom. The van der Waals surface area contributed by atoms with E-state index in [-0.39, 0.29) is 0 Å². The number of nitrogens with zero attached hydrogens (tertiary/aromatic N) is 1. The van der Waals surface area contributed by atoms with Crippen molar-refractivity contribution in [1.29, 1.82) is 0 Å². The summed E-state index contributed by atoms with van der Waals surface area (Å²) in [5.41, 5.74) is 0. The van der Waals surface area contributed by atoms with Gasteiger partial charge in [0.15, 0.2) is 0 Å². The minimum atomic E-state index is 0.767. The minimum absolute atomic E-state index is 0.767. The largest absolute Gasteiger partial charge is 0.463 e. The zero-order valence-electron chi connectivity index (χ0n) is 9.91. The molecule has 0 saturated carbocycles. The van der Waals surface area contributed by atoms with Gasteiger partial charge in [-0.2, -0.15) is 0 Å². The van der Waals surface area contributed by atoms with Crippen LogP contribution >= 0.6 is 0 Å². The molecule has 0 fully saturated rings. The van der Waals surface area contributed by atoms with Gasteiger partial charge in [0.25, 0.3) is 0 Å². The van der Waals surface area contributed by atoms with Gasteiger partial charge in [-0.25, -0.2) is 0 Å². The Morgan fingerprint density at radius 1 is 1.25 bits per heavy atom. The van der Waals surface area contributed by atoms with Crippen LogP contribution in [0.25, 0.3) is 0 Å². The maximum absolute atomic E-state index is 5.67. The molecule has 0 aliphatic rings. The highest BCUT2D eigenvalue weighted by molar-refractivity contribution is 5.07. The molecule has 0 atom stereocenters. The van der Waals surface area contributed by atoms with Crippen LogP contribution in [0.4, 0.5) is 0 Å². The maximum atomic E-state index is 5.67. The third-order valence-electron chi connectivity index (χ3n) is 2.22. The summed E-state index contributed by atoms with van der Waals surface area (Å²) in [5.74, 6) is 1.95. The normalized spacial score (nSPS) is 10.6. The molecule has 3 heteroatoms. The maximum Gasteiger partial charge on any atom is 0.118 e. The number of hydrogen-bond donors (Lipinski definition) is 1. The van der Waals surface area contributed by atoms with E-state index >= 15 is 0 Å².